The Balaban J connectivity index is 2.37. The number of alkyl halides is 9. The van der Waals surface area contributed by atoms with Crippen LogP contribution in [0.4, 0.5) is 50.0 Å². The molecule has 3 rings (SSSR count). The second kappa shape index (κ2) is 9.90. The van der Waals surface area contributed by atoms with E-state index in [1.54, 1.807) is 6.92 Å². The van der Waals surface area contributed by atoms with Crippen LogP contribution in [0.25, 0.3) is 0 Å². The number of benzene rings is 2. The molecule has 39 heavy (non-hydrogen) atoms. The van der Waals surface area contributed by atoms with Crippen molar-refractivity contribution < 1.29 is 54.2 Å². The maximum absolute atomic E-state index is 13.7. The molecular formula is C26H26F9NO3. The van der Waals surface area contributed by atoms with E-state index in [9.17, 15) is 49.4 Å². The molecule has 1 aliphatic rings. The lowest BCUT2D eigenvalue weighted by Crippen LogP contribution is -2.56. The molecule has 13 heteroatoms. The van der Waals surface area contributed by atoms with Crippen molar-refractivity contribution in [3.05, 3.63) is 64.2 Å². The van der Waals surface area contributed by atoms with Crippen molar-refractivity contribution in [2.24, 2.45) is 0 Å². The number of hydrogen-bond acceptors (Lipinski definition) is 3. The van der Waals surface area contributed by atoms with E-state index in [1.807, 2.05) is 0 Å². The lowest BCUT2D eigenvalue weighted by Gasteiger charge is -2.52. The fourth-order valence-electron chi connectivity index (χ4n) is 5.02. The minimum atomic E-state index is -5.21. The molecule has 0 spiro atoms. The van der Waals surface area contributed by atoms with Crippen molar-refractivity contribution in [3.63, 3.8) is 0 Å². The summed E-state index contributed by atoms with van der Waals surface area (Å²) in [5.74, 6) is 0. The Morgan fingerprint density at radius 1 is 0.897 bits per heavy atom. The number of amides is 1. The summed E-state index contributed by atoms with van der Waals surface area (Å²) in [4.78, 5) is 13.9. The minimum Gasteiger partial charge on any atom is -0.449 e. The summed E-state index contributed by atoms with van der Waals surface area (Å²) in [5.41, 5.74) is -10.2. The fourth-order valence-corrected chi connectivity index (χ4v) is 5.02. The molecule has 0 radical (unpaired) electrons. The SMILES string of the molecule is CCOC(=O)N1c2ccc(C(F)(F)F)cc2C(C)([C@](C)(O)c2cc(C(F)(F)F)cc(C(F)(F)F)c2)C[C@H]1CC. The standard InChI is InChI=1S/C26H26F9NO3/c1-5-18-13-22(3,19-12-14(24(27,28)29)7-8-20(19)36(18)21(37)39-6-2)23(4,38)15-9-16(25(30,31)32)11-17(10-15)26(33,34)35/h7-12,18,38H,5-6,13H2,1-4H3/t18-,22?,23-/m1/s1. The predicted molar refractivity (Wildman–Crippen MR) is 123 cm³/mol. The van der Waals surface area contributed by atoms with E-state index < -0.39 is 63.9 Å². The van der Waals surface area contributed by atoms with Crippen LogP contribution in [0.15, 0.2) is 36.4 Å². The van der Waals surface area contributed by atoms with Crippen molar-refractivity contribution in [2.75, 3.05) is 11.5 Å². The Labute approximate surface area is 218 Å². The number of fused-ring (bicyclic) bond motifs is 1. The van der Waals surface area contributed by atoms with E-state index in [2.05, 4.69) is 0 Å². The average Bonchev–Trinajstić information content (AvgIpc) is 2.81. The molecule has 1 unspecified atom stereocenters. The first-order valence-corrected chi connectivity index (χ1v) is 11.9. The second-order valence-electron chi connectivity index (χ2n) is 9.76. The van der Waals surface area contributed by atoms with Crippen LogP contribution in [0.2, 0.25) is 0 Å². The van der Waals surface area contributed by atoms with Crippen LogP contribution >= 0.6 is 0 Å². The lowest BCUT2D eigenvalue weighted by atomic mass is 9.60. The minimum absolute atomic E-state index is 0.0683. The molecule has 216 valence electrons. The maximum Gasteiger partial charge on any atom is 0.416 e. The molecule has 0 aliphatic carbocycles. The number of anilines is 1. The number of hydrogen-bond donors (Lipinski definition) is 1. The van der Waals surface area contributed by atoms with Crippen molar-refractivity contribution in [3.8, 4) is 0 Å². The van der Waals surface area contributed by atoms with Crippen LogP contribution in [0.5, 0.6) is 0 Å². The number of carbonyl (C=O) groups is 1. The Hall–Kier alpha value is -2.96. The summed E-state index contributed by atoms with van der Waals surface area (Å²) in [5, 5.41) is 11.8. The molecule has 2 aromatic carbocycles. The van der Waals surface area contributed by atoms with Crippen LogP contribution in [0.1, 0.15) is 68.4 Å². The van der Waals surface area contributed by atoms with Gasteiger partial charge in [-0.3, -0.25) is 4.90 Å². The highest BCUT2D eigenvalue weighted by molar-refractivity contribution is 5.91. The molecule has 2 aromatic rings. The summed E-state index contributed by atoms with van der Waals surface area (Å²) in [6.45, 7) is 5.29. The topological polar surface area (TPSA) is 49.8 Å². The molecule has 1 heterocycles. The zero-order valence-electron chi connectivity index (χ0n) is 21.3. The molecule has 3 atom stereocenters. The largest absolute Gasteiger partial charge is 0.449 e. The van der Waals surface area contributed by atoms with Crippen molar-refractivity contribution >= 4 is 11.8 Å². The summed E-state index contributed by atoms with van der Waals surface area (Å²) in [6, 6.07) is 2.12. The molecule has 0 saturated heterocycles. The molecule has 1 aliphatic heterocycles. The number of carbonyl (C=O) groups excluding carboxylic acids is 1. The van der Waals surface area contributed by atoms with E-state index in [4.69, 9.17) is 4.74 Å². The first-order chi connectivity index (χ1) is 17.7. The Kier molecular flexibility index (Phi) is 7.76. The zero-order valence-corrected chi connectivity index (χ0v) is 21.3. The van der Waals surface area contributed by atoms with Gasteiger partial charge in [0.25, 0.3) is 0 Å². The Morgan fingerprint density at radius 2 is 1.38 bits per heavy atom. The van der Waals surface area contributed by atoms with Crippen LogP contribution in [0, 0.1) is 0 Å². The second-order valence-corrected chi connectivity index (χ2v) is 9.76. The van der Waals surface area contributed by atoms with Gasteiger partial charge in [-0.1, -0.05) is 13.8 Å². The smallest absolute Gasteiger partial charge is 0.416 e. The van der Waals surface area contributed by atoms with Crippen LogP contribution in [-0.2, 0) is 34.3 Å². The highest BCUT2D eigenvalue weighted by Crippen LogP contribution is 2.54. The molecule has 1 amide bonds. The van der Waals surface area contributed by atoms with Crippen LogP contribution < -0.4 is 4.90 Å². The van der Waals surface area contributed by atoms with E-state index in [1.165, 1.54) is 13.8 Å². The molecule has 4 nitrogen and oxygen atoms in total. The number of halogens is 9. The van der Waals surface area contributed by atoms with Gasteiger partial charge in [0, 0.05) is 11.5 Å². The van der Waals surface area contributed by atoms with Gasteiger partial charge in [0.15, 0.2) is 0 Å². The van der Waals surface area contributed by atoms with Crippen molar-refractivity contribution in [1.29, 1.82) is 0 Å². The van der Waals surface area contributed by atoms with Crippen molar-refractivity contribution in [1.82, 2.24) is 0 Å². The predicted octanol–water partition coefficient (Wildman–Crippen LogP) is 8.05. The van der Waals surface area contributed by atoms with Crippen molar-refractivity contribution in [2.45, 2.75) is 76.1 Å². The lowest BCUT2D eigenvalue weighted by molar-refractivity contribution is -0.144. The highest BCUT2D eigenvalue weighted by Gasteiger charge is 2.54. The van der Waals surface area contributed by atoms with Gasteiger partial charge >= 0.3 is 24.6 Å². The van der Waals surface area contributed by atoms with Gasteiger partial charge in [-0.2, -0.15) is 39.5 Å². The zero-order chi connectivity index (χ0) is 29.8. The molecular weight excluding hydrogens is 545 g/mol. The number of rotatable bonds is 4. The number of aliphatic hydroxyl groups is 1. The average molecular weight is 571 g/mol. The third-order valence-electron chi connectivity index (χ3n) is 7.35. The van der Waals surface area contributed by atoms with Gasteiger partial charge in [-0.15, -0.1) is 0 Å². The summed E-state index contributed by atoms with van der Waals surface area (Å²) >= 11 is 0. The van der Waals surface area contributed by atoms with Gasteiger partial charge in [0.2, 0.25) is 0 Å². The van der Waals surface area contributed by atoms with Crippen LogP contribution in [-0.4, -0.2) is 23.8 Å². The molecule has 1 N–H and O–H groups in total. The van der Waals surface area contributed by atoms with E-state index >= 15 is 0 Å². The third-order valence-corrected chi connectivity index (χ3v) is 7.35. The van der Waals surface area contributed by atoms with E-state index in [0.717, 1.165) is 17.9 Å². The van der Waals surface area contributed by atoms with E-state index in [0.29, 0.717) is 24.3 Å². The normalized spacial score (nSPS) is 21.8. The molecule has 0 fully saturated rings. The van der Waals surface area contributed by atoms with Crippen LogP contribution in [0.3, 0.4) is 0 Å². The first kappa shape index (κ1) is 30.6. The fraction of sp³-hybridized carbons (Fsp3) is 0.500. The van der Waals surface area contributed by atoms with Gasteiger partial charge in [0.05, 0.1) is 34.6 Å². The Bertz CT molecular complexity index is 1200. The Morgan fingerprint density at radius 3 is 1.82 bits per heavy atom. The van der Waals surface area contributed by atoms with Gasteiger partial charge in [-0.05, 0) is 74.2 Å². The summed E-state index contributed by atoms with van der Waals surface area (Å²) in [6.07, 6.45) is -16.3. The van der Waals surface area contributed by atoms with Gasteiger partial charge < -0.3 is 9.84 Å². The van der Waals surface area contributed by atoms with Gasteiger partial charge in [-0.25, -0.2) is 4.79 Å². The van der Waals surface area contributed by atoms with E-state index in [-0.39, 0.29) is 36.8 Å². The summed E-state index contributed by atoms with van der Waals surface area (Å²) < 4.78 is 128. The third kappa shape index (κ3) is 5.55. The molecule has 0 bridgehead atoms. The molecule has 0 aromatic heterocycles. The first-order valence-electron chi connectivity index (χ1n) is 11.9. The number of nitrogens with zero attached hydrogens (tertiary/aromatic N) is 1. The maximum atomic E-state index is 13.7. The molecule has 0 saturated carbocycles. The quantitative estimate of drug-likeness (QED) is 0.378. The summed E-state index contributed by atoms with van der Waals surface area (Å²) in [7, 11) is 0. The van der Waals surface area contributed by atoms with Gasteiger partial charge in [0.1, 0.15) is 0 Å². The number of ether oxygens (including phenoxy) is 1. The monoisotopic (exact) mass is 571 g/mol. The highest BCUT2D eigenvalue weighted by atomic mass is 19.4.